The van der Waals surface area contributed by atoms with Crippen molar-refractivity contribution in [3.05, 3.63) is 29.3 Å². The second kappa shape index (κ2) is 5.01. The number of rotatable bonds is 4. The van der Waals surface area contributed by atoms with Crippen LogP contribution in [0.25, 0.3) is 0 Å². The van der Waals surface area contributed by atoms with Crippen molar-refractivity contribution in [2.45, 2.75) is 26.2 Å². The van der Waals surface area contributed by atoms with Crippen LogP contribution in [0.5, 0.6) is 0 Å². The Kier molecular flexibility index (Phi) is 3.96. The lowest BCUT2D eigenvalue weighted by Gasteiger charge is -2.13. The highest BCUT2D eigenvalue weighted by Crippen LogP contribution is 2.25. The van der Waals surface area contributed by atoms with Gasteiger partial charge in [0, 0.05) is 19.3 Å². The third-order valence-corrected chi connectivity index (χ3v) is 2.41. The summed E-state index contributed by atoms with van der Waals surface area (Å²) in [6, 6.07) is 6.35. The molecular formula is C12H19NO. The Bertz CT molecular complexity index is 294. The van der Waals surface area contributed by atoms with Gasteiger partial charge >= 0.3 is 0 Å². The highest BCUT2D eigenvalue weighted by atomic mass is 16.2. The van der Waals surface area contributed by atoms with Crippen LogP contribution in [-0.4, -0.2) is 18.8 Å². The summed E-state index contributed by atoms with van der Waals surface area (Å²) in [6.07, 6.45) is 0.729. The topological polar surface area (TPSA) is 32.3 Å². The summed E-state index contributed by atoms with van der Waals surface area (Å²) < 4.78 is 0. The van der Waals surface area contributed by atoms with E-state index in [2.05, 4.69) is 37.4 Å². The molecule has 0 saturated carbocycles. The summed E-state index contributed by atoms with van der Waals surface area (Å²) in [5.41, 5.74) is 3.68. The second-order valence-electron chi connectivity index (χ2n) is 3.80. The molecule has 2 nitrogen and oxygen atoms in total. The van der Waals surface area contributed by atoms with Gasteiger partial charge in [0.25, 0.3) is 0 Å². The van der Waals surface area contributed by atoms with Crippen LogP contribution in [0, 0.1) is 0 Å². The Morgan fingerprint density at radius 1 is 1.36 bits per heavy atom. The first-order valence-electron chi connectivity index (χ1n) is 5.10. The van der Waals surface area contributed by atoms with Gasteiger partial charge in [-0.25, -0.2) is 0 Å². The molecule has 0 radical (unpaired) electrons. The van der Waals surface area contributed by atoms with Crippen molar-refractivity contribution in [2.75, 3.05) is 19.0 Å². The average molecular weight is 193 g/mol. The summed E-state index contributed by atoms with van der Waals surface area (Å²) in [5, 5.41) is 12.0. The molecule has 0 aromatic heterocycles. The molecule has 0 fully saturated rings. The summed E-state index contributed by atoms with van der Waals surface area (Å²) in [4.78, 5) is 0. The van der Waals surface area contributed by atoms with Crippen molar-refractivity contribution in [1.82, 2.24) is 0 Å². The van der Waals surface area contributed by atoms with Crippen LogP contribution in [0.2, 0.25) is 0 Å². The van der Waals surface area contributed by atoms with Crippen LogP contribution in [0.1, 0.15) is 30.9 Å². The number of anilines is 1. The summed E-state index contributed by atoms with van der Waals surface area (Å²) >= 11 is 0. The Morgan fingerprint density at radius 3 is 2.57 bits per heavy atom. The van der Waals surface area contributed by atoms with Gasteiger partial charge in [-0.3, -0.25) is 0 Å². The molecule has 2 heteroatoms. The molecule has 0 aliphatic rings. The van der Waals surface area contributed by atoms with E-state index >= 15 is 0 Å². The summed E-state index contributed by atoms with van der Waals surface area (Å²) in [5.74, 6) is 0.528. The van der Waals surface area contributed by atoms with Crippen LogP contribution < -0.4 is 5.32 Å². The van der Waals surface area contributed by atoms with Crippen molar-refractivity contribution in [2.24, 2.45) is 0 Å². The number of nitrogens with one attached hydrogen (secondary N) is 1. The first kappa shape index (κ1) is 11.1. The summed E-state index contributed by atoms with van der Waals surface area (Å²) in [6.45, 7) is 4.58. The standard InChI is InChI=1S/C12H19NO/c1-9(2)11-5-4-10(6-7-14)8-12(11)13-3/h4-5,8-9,13-14H,6-7H2,1-3H3. The number of hydrogen-bond acceptors (Lipinski definition) is 2. The van der Waals surface area contributed by atoms with E-state index in [4.69, 9.17) is 5.11 Å². The molecule has 0 atom stereocenters. The summed E-state index contributed by atoms with van der Waals surface area (Å²) in [7, 11) is 1.93. The molecule has 0 bridgehead atoms. The van der Waals surface area contributed by atoms with Gasteiger partial charge in [0.05, 0.1) is 0 Å². The van der Waals surface area contributed by atoms with Crippen LogP contribution >= 0.6 is 0 Å². The lowest BCUT2D eigenvalue weighted by atomic mass is 9.98. The molecule has 2 N–H and O–H groups in total. The molecule has 0 spiro atoms. The maximum atomic E-state index is 8.84. The Hall–Kier alpha value is -1.02. The first-order valence-corrected chi connectivity index (χ1v) is 5.10. The molecule has 78 valence electrons. The molecule has 0 aliphatic carbocycles. The van der Waals surface area contributed by atoms with Gasteiger partial charge in [-0.1, -0.05) is 26.0 Å². The van der Waals surface area contributed by atoms with E-state index in [0.717, 1.165) is 6.42 Å². The van der Waals surface area contributed by atoms with Gasteiger partial charge < -0.3 is 10.4 Å². The van der Waals surface area contributed by atoms with E-state index in [1.807, 2.05) is 7.05 Å². The molecular weight excluding hydrogens is 174 g/mol. The van der Waals surface area contributed by atoms with Gasteiger partial charge in [0.2, 0.25) is 0 Å². The van der Waals surface area contributed by atoms with Crippen molar-refractivity contribution in [3.63, 3.8) is 0 Å². The minimum Gasteiger partial charge on any atom is -0.396 e. The lowest BCUT2D eigenvalue weighted by Crippen LogP contribution is -1.99. The van der Waals surface area contributed by atoms with E-state index in [1.54, 1.807) is 0 Å². The van der Waals surface area contributed by atoms with Gasteiger partial charge in [-0.2, -0.15) is 0 Å². The third-order valence-electron chi connectivity index (χ3n) is 2.41. The van der Waals surface area contributed by atoms with Gasteiger partial charge in [0.1, 0.15) is 0 Å². The highest BCUT2D eigenvalue weighted by molar-refractivity contribution is 5.54. The van der Waals surface area contributed by atoms with Crippen molar-refractivity contribution in [1.29, 1.82) is 0 Å². The van der Waals surface area contributed by atoms with E-state index in [9.17, 15) is 0 Å². The first-order chi connectivity index (χ1) is 6.69. The van der Waals surface area contributed by atoms with Gasteiger partial charge in [0.15, 0.2) is 0 Å². The smallest absolute Gasteiger partial charge is 0.0471 e. The van der Waals surface area contributed by atoms with Gasteiger partial charge in [-0.05, 0) is 29.5 Å². The van der Waals surface area contributed by atoms with Crippen LogP contribution in [0.4, 0.5) is 5.69 Å². The largest absolute Gasteiger partial charge is 0.396 e. The van der Waals surface area contributed by atoms with Crippen LogP contribution in [0.15, 0.2) is 18.2 Å². The fraction of sp³-hybridized carbons (Fsp3) is 0.500. The third kappa shape index (κ3) is 2.48. The Balaban J connectivity index is 2.99. The predicted octanol–water partition coefficient (Wildman–Crippen LogP) is 2.39. The number of aliphatic hydroxyl groups is 1. The van der Waals surface area contributed by atoms with E-state index in [0.29, 0.717) is 5.92 Å². The Morgan fingerprint density at radius 2 is 2.07 bits per heavy atom. The SMILES string of the molecule is CNc1cc(CCO)ccc1C(C)C. The zero-order valence-corrected chi connectivity index (χ0v) is 9.17. The second-order valence-corrected chi connectivity index (χ2v) is 3.80. The molecule has 0 saturated heterocycles. The maximum Gasteiger partial charge on any atom is 0.0471 e. The number of benzene rings is 1. The van der Waals surface area contributed by atoms with E-state index in [1.165, 1.54) is 16.8 Å². The monoisotopic (exact) mass is 193 g/mol. The number of aliphatic hydroxyl groups excluding tert-OH is 1. The number of hydrogen-bond donors (Lipinski definition) is 2. The Labute approximate surface area is 86.0 Å². The van der Waals surface area contributed by atoms with Crippen molar-refractivity contribution < 1.29 is 5.11 Å². The van der Waals surface area contributed by atoms with E-state index < -0.39 is 0 Å². The quantitative estimate of drug-likeness (QED) is 0.769. The van der Waals surface area contributed by atoms with Crippen molar-refractivity contribution >= 4 is 5.69 Å². The molecule has 14 heavy (non-hydrogen) atoms. The fourth-order valence-electron chi connectivity index (χ4n) is 1.61. The maximum absolute atomic E-state index is 8.84. The van der Waals surface area contributed by atoms with Crippen molar-refractivity contribution in [3.8, 4) is 0 Å². The molecule has 1 aromatic carbocycles. The zero-order chi connectivity index (χ0) is 10.6. The minimum atomic E-state index is 0.212. The van der Waals surface area contributed by atoms with E-state index in [-0.39, 0.29) is 6.61 Å². The molecule has 0 heterocycles. The van der Waals surface area contributed by atoms with Crippen LogP contribution in [0.3, 0.4) is 0 Å². The van der Waals surface area contributed by atoms with Gasteiger partial charge in [-0.15, -0.1) is 0 Å². The molecule has 1 aromatic rings. The molecule has 0 unspecified atom stereocenters. The minimum absolute atomic E-state index is 0.212. The molecule has 0 amide bonds. The zero-order valence-electron chi connectivity index (χ0n) is 9.17. The molecule has 1 rings (SSSR count). The fourth-order valence-corrected chi connectivity index (χ4v) is 1.61. The predicted molar refractivity (Wildman–Crippen MR) is 60.9 cm³/mol. The highest BCUT2D eigenvalue weighted by Gasteiger charge is 2.05. The lowest BCUT2D eigenvalue weighted by molar-refractivity contribution is 0.299. The normalized spacial score (nSPS) is 10.6. The van der Waals surface area contributed by atoms with Crippen LogP contribution in [-0.2, 0) is 6.42 Å². The molecule has 0 aliphatic heterocycles. The average Bonchev–Trinajstić information content (AvgIpc) is 2.17.